The predicted molar refractivity (Wildman–Crippen MR) is 105 cm³/mol. The Balaban J connectivity index is 1.61. The van der Waals surface area contributed by atoms with Crippen molar-refractivity contribution in [2.24, 2.45) is 5.10 Å². The fraction of sp³-hybridized carbons (Fsp3) is 0.158. The molecule has 2 aromatic rings. The minimum absolute atomic E-state index is 0.212. The Morgan fingerprint density at radius 3 is 2.74 bits per heavy atom. The lowest BCUT2D eigenvalue weighted by Crippen LogP contribution is -2.14. The lowest BCUT2D eigenvalue weighted by atomic mass is 10.2. The monoisotopic (exact) mass is 432 g/mol. The van der Waals surface area contributed by atoms with Crippen molar-refractivity contribution in [3.8, 4) is 23.0 Å². The van der Waals surface area contributed by atoms with Crippen LogP contribution in [0.3, 0.4) is 0 Å². The van der Waals surface area contributed by atoms with Crippen LogP contribution in [0.2, 0.25) is 0 Å². The summed E-state index contributed by atoms with van der Waals surface area (Å²) < 4.78 is 21.8. The average Bonchev–Trinajstić information content (AvgIpc) is 3.13. The van der Waals surface area contributed by atoms with Crippen molar-refractivity contribution in [1.82, 2.24) is 5.43 Å². The Morgan fingerprint density at radius 2 is 1.96 bits per heavy atom. The Labute approximate surface area is 164 Å². The van der Waals surface area contributed by atoms with Crippen LogP contribution >= 0.6 is 15.9 Å². The highest BCUT2D eigenvalue weighted by atomic mass is 79.9. The minimum Gasteiger partial charge on any atom is -0.493 e. The van der Waals surface area contributed by atoms with Gasteiger partial charge in [-0.1, -0.05) is 6.07 Å². The molecule has 140 valence electrons. The molecule has 0 radical (unpaired) electrons. The fourth-order valence-electron chi connectivity index (χ4n) is 2.41. The van der Waals surface area contributed by atoms with Crippen LogP contribution in [0.5, 0.6) is 23.0 Å². The molecule has 8 heteroatoms. The SMILES string of the molecule is COc1cc(/C=N/NC(=O)/C=C/c2ccc3c(c2)OCO3)cc(Br)c1OC. The summed E-state index contributed by atoms with van der Waals surface area (Å²) in [5.74, 6) is 2.15. The molecule has 0 atom stereocenters. The van der Waals surface area contributed by atoms with Crippen LogP contribution in [-0.2, 0) is 4.79 Å². The summed E-state index contributed by atoms with van der Waals surface area (Å²) in [4.78, 5) is 11.9. The molecule has 1 amide bonds. The molecule has 1 aliphatic heterocycles. The van der Waals surface area contributed by atoms with Crippen molar-refractivity contribution in [3.05, 3.63) is 52.0 Å². The van der Waals surface area contributed by atoms with Gasteiger partial charge in [-0.05, 0) is 57.4 Å². The van der Waals surface area contributed by atoms with Gasteiger partial charge in [0.1, 0.15) is 0 Å². The Hall–Kier alpha value is -3.00. The maximum absolute atomic E-state index is 11.9. The minimum atomic E-state index is -0.358. The smallest absolute Gasteiger partial charge is 0.264 e. The summed E-state index contributed by atoms with van der Waals surface area (Å²) in [7, 11) is 3.11. The quantitative estimate of drug-likeness (QED) is 0.430. The zero-order chi connectivity index (χ0) is 19.2. The van der Waals surface area contributed by atoms with E-state index in [-0.39, 0.29) is 12.7 Å². The van der Waals surface area contributed by atoms with E-state index in [1.165, 1.54) is 12.3 Å². The third-order valence-corrected chi connectivity index (χ3v) is 4.26. The van der Waals surface area contributed by atoms with Gasteiger partial charge in [0.05, 0.1) is 24.9 Å². The van der Waals surface area contributed by atoms with Crippen molar-refractivity contribution in [2.75, 3.05) is 21.0 Å². The van der Waals surface area contributed by atoms with E-state index in [1.807, 2.05) is 6.07 Å². The van der Waals surface area contributed by atoms with E-state index in [1.54, 1.807) is 44.6 Å². The first-order valence-electron chi connectivity index (χ1n) is 7.93. The highest BCUT2D eigenvalue weighted by Gasteiger charge is 2.12. The van der Waals surface area contributed by atoms with Gasteiger partial charge >= 0.3 is 0 Å². The van der Waals surface area contributed by atoms with Gasteiger partial charge in [0.15, 0.2) is 23.0 Å². The summed E-state index contributed by atoms with van der Waals surface area (Å²) in [5, 5.41) is 3.95. The van der Waals surface area contributed by atoms with Gasteiger partial charge in [-0.2, -0.15) is 5.10 Å². The number of ether oxygens (including phenoxy) is 4. The molecule has 0 saturated carbocycles. The number of halogens is 1. The first-order chi connectivity index (χ1) is 13.1. The summed E-state index contributed by atoms with van der Waals surface area (Å²) in [6.45, 7) is 0.212. The molecule has 0 saturated heterocycles. The van der Waals surface area contributed by atoms with E-state index in [2.05, 4.69) is 26.5 Å². The van der Waals surface area contributed by atoms with Crippen molar-refractivity contribution in [1.29, 1.82) is 0 Å². The Morgan fingerprint density at radius 1 is 1.15 bits per heavy atom. The number of amides is 1. The molecule has 0 fully saturated rings. The number of benzene rings is 2. The van der Waals surface area contributed by atoms with Crippen molar-refractivity contribution in [2.45, 2.75) is 0 Å². The number of carbonyl (C=O) groups excluding carboxylic acids is 1. The number of hydrogen-bond donors (Lipinski definition) is 1. The molecule has 1 aliphatic rings. The topological polar surface area (TPSA) is 78.4 Å². The summed E-state index contributed by atoms with van der Waals surface area (Å²) in [6, 6.07) is 8.99. The maximum Gasteiger partial charge on any atom is 0.264 e. The van der Waals surface area contributed by atoms with Crippen LogP contribution in [0.15, 0.2) is 46.0 Å². The molecule has 2 aromatic carbocycles. The number of hydrogen-bond acceptors (Lipinski definition) is 6. The number of fused-ring (bicyclic) bond motifs is 1. The lowest BCUT2D eigenvalue weighted by Gasteiger charge is -2.10. The first-order valence-corrected chi connectivity index (χ1v) is 8.72. The molecule has 0 aliphatic carbocycles. The third-order valence-electron chi connectivity index (χ3n) is 3.67. The van der Waals surface area contributed by atoms with E-state index < -0.39 is 0 Å². The van der Waals surface area contributed by atoms with Gasteiger partial charge < -0.3 is 18.9 Å². The molecule has 27 heavy (non-hydrogen) atoms. The Kier molecular flexibility index (Phi) is 5.97. The second-order valence-corrected chi connectivity index (χ2v) is 6.27. The standard InChI is InChI=1S/C19H17BrN2O5/c1-24-17-9-13(7-14(20)19(17)25-2)10-21-22-18(23)6-4-12-3-5-15-16(8-12)27-11-26-15/h3-10H,11H2,1-2H3,(H,22,23)/b6-4+,21-10+. The number of nitrogens with zero attached hydrogens (tertiary/aromatic N) is 1. The van der Waals surface area contributed by atoms with Gasteiger partial charge in [0.25, 0.3) is 5.91 Å². The predicted octanol–water partition coefficient (Wildman–Crippen LogP) is 3.36. The van der Waals surface area contributed by atoms with E-state index in [0.29, 0.717) is 23.0 Å². The third kappa shape index (κ3) is 4.59. The molecule has 0 bridgehead atoms. The summed E-state index contributed by atoms with van der Waals surface area (Å²) >= 11 is 3.41. The van der Waals surface area contributed by atoms with Gasteiger partial charge in [0.2, 0.25) is 6.79 Å². The number of carbonyl (C=O) groups is 1. The maximum atomic E-state index is 11.9. The normalized spacial score (nSPS) is 12.6. The van der Waals surface area contributed by atoms with E-state index in [0.717, 1.165) is 15.6 Å². The van der Waals surface area contributed by atoms with Crippen LogP contribution in [0, 0.1) is 0 Å². The van der Waals surface area contributed by atoms with E-state index >= 15 is 0 Å². The molecule has 7 nitrogen and oxygen atoms in total. The first kappa shape index (κ1) is 18.8. The fourth-order valence-corrected chi connectivity index (χ4v) is 3.03. The lowest BCUT2D eigenvalue weighted by molar-refractivity contribution is -0.116. The van der Waals surface area contributed by atoms with Crippen molar-refractivity contribution >= 4 is 34.1 Å². The highest BCUT2D eigenvalue weighted by Crippen LogP contribution is 2.36. The molecule has 0 unspecified atom stereocenters. The zero-order valence-electron chi connectivity index (χ0n) is 14.7. The number of rotatable bonds is 6. The van der Waals surface area contributed by atoms with Crippen LogP contribution < -0.4 is 24.4 Å². The largest absolute Gasteiger partial charge is 0.493 e. The molecular weight excluding hydrogens is 416 g/mol. The molecule has 0 aromatic heterocycles. The second kappa shape index (κ2) is 8.59. The number of hydrazone groups is 1. The second-order valence-electron chi connectivity index (χ2n) is 5.42. The van der Waals surface area contributed by atoms with E-state index in [4.69, 9.17) is 18.9 Å². The van der Waals surface area contributed by atoms with Gasteiger partial charge in [-0.25, -0.2) is 5.43 Å². The number of methoxy groups -OCH3 is 2. The number of nitrogens with one attached hydrogen (secondary N) is 1. The zero-order valence-corrected chi connectivity index (χ0v) is 16.3. The van der Waals surface area contributed by atoms with Crippen LogP contribution in [0.25, 0.3) is 6.08 Å². The molecule has 0 spiro atoms. The van der Waals surface area contributed by atoms with E-state index in [9.17, 15) is 4.79 Å². The van der Waals surface area contributed by atoms with Crippen molar-refractivity contribution < 1.29 is 23.7 Å². The molecular formula is C19H17BrN2O5. The summed E-state index contributed by atoms with van der Waals surface area (Å²) in [6.07, 6.45) is 4.57. The van der Waals surface area contributed by atoms with Crippen LogP contribution in [0.4, 0.5) is 0 Å². The van der Waals surface area contributed by atoms with Gasteiger partial charge in [-0.3, -0.25) is 4.79 Å². The van der Waals surface area contributed by atoms with Crippen LogP contribution in [0.1, 0.15) is 11.1 Å². The van der Waals surface area contributed by atoms with Crippen molar-refractivity contribution in [3.63, 3.8) is 0 Å². The molecule has 1 N–H and O–H groups in total. The molecule has 3 rings (SSSR count). The van der Waals surface area contributed by atoms with Gasteiger partial charge in [-0.15, -0.1) is 0 Å². The summed E-state index contributed by atoms with van der Waals surface area (Å²) in [5.41, 5.74) is 4.00. The molecule has 1 heterocycles. The average molecular weight is 433 g/mol. The van der Waals surface area contributed by atoms with Gasteiger partial charge in [0, 0.05) is 6.08 Å². The Bertz CT molecular complexity index is 911. The highest BCUT2D eigenvalue weighted by molar-refractivity contribution is 9.10. The van der Waals surface area contributed by atoms with Crippen LogP contribution in [-0.4, -0.2) is 33.1 Å².